The largest absolute Gasteiger partial charge is 0.573 e. The number of carbonyl (C=O) groups is 2. The van der Waals surface area contributed by atoms with Crippen LogP contribution < -0.4 is 9.47 Å². The molecule has 0 saturated heterocycles. The van der Waals surface area contributed by atoms with Gasteiger partial charge in [-0.3, -0.25) is 4.79 Å². The van der Waals surface area contributed by atoms with Crippen molar-refractivity contribution in [3.8, 4) is 11.5 Å². The Hall–Kier alpha value is -3.03. The van der Waals surface area contributed by atoms with Gasteiger partial charge in [0.1, 0.15) is 11.5 Å². The Balaban J connectivity index is 2.42. The third kappa shape index (κ3) is 4.03. The van der Waals surface area contributed by atoms with Gasteiger partial charge in [-0.1, -0.05) is 12.1 Å². The number of rotatable bonds is 5. The van der Waals surface area contributed by atoms with E-state index in [1.54, 1.807) is 0 Å². The molecule has 0 atom stereocenters. The molecule has 1 N–H and O–H groups in total. The monoisotopic (exact) mass is 340 g/mol. The molecule has 0 aromatic heterocycles. The van der Waals surface area contributed by atoms with Crippen molar-refractivity contribution < 1.29 is 37.3 Å². The van der Waals surface area contributed by atoms with Crippen LogP contribution in [0.25, 0.3) is 0 Å². The van der Waals surface area contributed by atoms with Gasteiger partial charge < -0.3 is 14.6 Å². The number of methoxy groups -OCH3 is 1. The number of aromatic carboxylic acids is 1. The van der Waals surface area contributed by atoms with Crippen LogP contribution >= 0.6 is 0 Å². The minimum Gasteiger partial charge on any atom is -0.497 e. The lowest BCUT2D eigenvalue weighted by Gasteiger charge is -2.11. The van der Waals surface area contributed by atoms with Crippen LogP contribution in [0.4, 0.5) is 13.2 Å². The summed E-state index contributed by atoms with van der Waals surface area (Å²) in [5.74, 6) is -2.44. The number of ether oxygens (including phenoxy) is 2. The van der Waals surface area contributed by atoms with Gasteiger partial charge in [0, 0.05) is 11.1 Å². The molecule has 0 aliphatic heterocycles. The molecule has 0 heterocycles. The van der Waals surface area contributed by atoms with Gasteiger partial charge in [-0.25, -0.2) is 4.79 Å². The predicted molar refractivity (Wildman–Crippen MR) is 76.5 cm³/mol. The molecule has 2 aromatic carbocycles. The summed E-state index contributed by atoms with van der Waals surface area (Å²) in [6.45, 7) is 0. The van der Waals surface area contributed by atoms with Crippen molar-refractivity contribution in [2.24, 2.45) is 0 Å². The SMILES string of the molecule is COc1ccc(C(=O)c2cccc(OC(F)(F)F)c2)c(C(=O)O)c1. The highest BCUT2D eigenvalue weighted by Crippen LogP contribution is 2.26. The first-order valence-electron chi connectivity index (χ1n) is 6.53. The molecule has 8 heteroatoms. The minimum atomic E-state index is -4.89. The van der Waals surface area contributed by atoms with Crippen molar-refractivity contribution in [3.63, 3.8) is 0 Å². The number of carboxylic acid groups (broad SMARTS) is 1. The van der Waals surface area contributed by atoms with Crippen molar-refractivity contribution in [2.45, 2.75) is 6.36 Å². The number of carboxylic acids is 1. The maximum atomic E-state index is 12.4. The van der Waals surface area contributed by atoms with Crippen LogP contribution in [0.3, 0.4) is 0 Å². The van der Waals surface area contributed by atoms with Crippen molar-refractivity contribution in [3.05, 3.63) is 59.2 Å². The van der Waals surface area contributed by atoms with Gasteiger partial charge in [0.2, 0.25) is 0 Å². The number of carbonyl (C=O) groups excluding carboxylic acids is 1. The van der Waals surface area contributed by atoms with Crippen LogP contribution in [0.5, 0.6) is 11.5 Å². The molecule has 5 nitrogen and oxygen atoms in total. The summed E-state index contributed by atoms with van der Waals surface area (Å²) < 4.78 is 45.4. The van der Waals surface area contributed by atoms with Crippen LogP contribution in [0.2, 0.25) is 0 Å². The molecule has 0 bridgehead atoms. The second-order valence-corrected chi connectivity index (χ2v) is 4.62. The average Bonchev–Trinajstić information content (AvgIpc) is 2.52. The summed E-state index contributed by atoms with van der Waals surface area (Å²) in [4.78, 5) is 23.7. The molecule has 0 saturated carbocycles. The second kappa shape index (κ2) is 6.61. The predicted octanol–water partition coefficient (Wildman–Crippen LogP) is 3.52. The van der Waals surface area contributed by atoms with E-state index in [0.717, 1.165) is 18.2 Å². The molecule has 0 radical (unpaired) electrons. The fourth-order valence-corrected chi connectivity index (χ4v) is 2.02. The first kappa shape index (κ1) is 17.3. The smallest absolute Gasteiger partial charge is 0.497 e. The highest BCUT2D eigenvalue weighted by Gasteiger charge is 2.31. The number of benzene rings is 2. The van der Waals surface area contributed by atoms with Gasteiger partial charge in [-0.05, 0) is 30.3 Å². The summed E-state index contributed by atoms with van der Waals surface area (Å²) >= 11 is 0. The molecule has 24 heavy (non-hydrogen) atoms. The van der Waals surface area contributed by atoms with Crippen LogP contribution in [0, 0.1) is 0 Å². The number of hydrogen-bond donors (Lipinski definition) is 1. The zero-order valence-corrected chi connectivity index (χ0v) is 12.3. The Morgan fingerprint density at radius 1 is 1.00 bits per heavy atom. The second-order valence-electron chi connectivity index (χ2n) is 4.62. The van der Waals surface area contributed by atoms with E-state index in [1.807, 2.05) is 0 Å². The minimum absolute atomic E-state index is 0.135. The summed E-state index contributed by atoms with van der Waals surface area (Å²) in [7, 11) is 1.33. The molecular weight excluding hydrogens is 329 g/mol. The number of alkyl halides is 3. The van der Waals surface area contributed by atoms with Crippen LogP contribution in [0.1, 0.15) is 26.3 Å². The summed E-state index contributed by atoms with van der Waals surface area (Å²) in [6.07, 6.45) is -4.89. The van der Waals surface area contributed by atoms with Gasteiger partial charge in [0.25, 0.3) is 0 Å². The van der Waals surface area contributed by atoms with E-state index in [0.29, 0.717) is 0 Å². The number of ketones is 1. The van der Waals surface area contributed by atoms with E-state index in [1.165, 1.54) is 31.4 Å². The molecule has 2 rings (SSSR count). The lowest BCUT2D eigenvalue weighted by atomic mass is 9.98. The molecule has 0 spiro atoms. The van der Waals surface area contributed by atoms with E-state index < -0.39 is 23.9 Å². The topological polar surface area (TPSA) is 72.8 Å². The van der Waals surface area contributed by atoms with E-state index in [9.17, 15) is 27.9 Å². The maximum absolute atomic E-state index is 12.4. The fraction of sp³-hybridized carbons (Fsp3) is 0.125. The highest BCUT2D eigenvalue weighted by molar-refractivity contribution is 6.14. The summed E-state index contributed by atoms with van der Waals surface area (Å²) in [6, 6.07) is 8.19. The zero-order valence-electron chi connectivity index (χ0n) is 12.3. The van der Waals surface area contributed by atoms with Crippen molar-refractivity contribution in [1.82, 2.24) is 0 Å². The quantitative estimate of drug-likeness (QED) is 0.843. The third-order valence-corrected chi connectivity index (χ3v) is 3.03. The normalized spacial score (nSPS) is 11.0. The Bertz CT molecular complexity index is 784. The standard InChI is InChI=1S/C16H11F3O5/c1-23-10-5-6-12(13(8-10)15(21)22)14(20)9-3-2-4-11(7-9)24-16(17,18)19/h2-8H,1H3,(H,21,22). The Morgan fingerprint density at radius 3 is 2.29 bits per heavy atom. The molecule has 0 aliphatic carbocycles. The molecule has 0 unspecified atom stereocenters. The van der Waals surface area contributed by atoms with E-state index in [4.69, 9.17) is 4.74 Å². The maximum Gasteiger partial charge on any atom is 0.573 e. The third-order valence-electron chi connectivity index (χ3n) is 3.03. The molecule has 0 fully saturated rings. The van der Waals surface area contributed by atoms with Crippen LogP contribution in [-0.4, -0.2) is 30.3 Å². The first-order chi connectivity index (χ1) is 11.2. The highest BCUT2D eigenvalue weighted by atomic mass is 19.4. The van der Waals surface area contributed by atoms with Gasteiger partial charge >= 0.3 is 12.3 Å². The van der Waals surface area contributed by atoms with Crippen molar-refractivity contribution >= 4 is 11.8 Å². The fourth-order valence-electron chi connectivity index (χ4n) is 2.02. The molecule has 0 aliphatic rings. The van der Waals surface area contributed by atoms with Crippen molar-refractivity contribution in [2.75, 3.05) is 7.11 Å². The molecule has 0 amide bonds. The van der Waals surface area contributed by atoms with Gasteiger partial charge in [-0.2, -0.15) is 0 Å². The lowest BCUT2D eigenvalue weighted by molar-refractivity contribution is -0.274. The van der Waals surface area contributed by atoms with Gasteiger partial charge in [0.15, 0.2) is 5.78 Å². The van der Waals surface area contributed by atoms with E-state index >= 15 is 0 Å². The van der Waals surface area contributed by atoms with E-state index in [-0.39, 0.29) is 22.4 Å². The zero-order chi connectivity index (χ0) is 17.9. The average molecular weight is 340 g/mol. The Labute approximate surface area is 134 Å². The number of hydrogen-bond acceptors (Lipinski definition) is 4. The van der Waals surface area contributed by atoms with Crippen molar-refractivity contribution in [1.29, 1.82) is 0 Å². The van der Waals surface area contributed by atoms with Crippen LogP contribution in [-0.2, 0) is 0 Å². The first-order valence-corrected chi connectivity index (χ1v) is 6.53. The molecular formula is C16H11F3O5. The van der Waals surface area contributed by atoms with Crippen LogP contribution in [0.15, 0.2) is 42.5 Å². The van der Waals surface area contributed by atoms with Gasteiger partial charge in [0.05, 0.1) is 12.7 Å². The lowest BCUT2D eigenvalue weighted by Crippen LogP contribution is -2.17. The Morgan fingerprint density at radius 2 is 1.71 bits per heavy atom. The molecule has 2 aromatic rings. The number of halogens is 3. The van der Waals surface area contributed by atoms with E-state index in [2.05, 4.69) is 4.74 Å². The summed E-state index contributed by atoms with van der Waals surface area (Å²) in [5, 5.41) is 9.21. The molecule has 126 valence electrons. The Kier molecular flexibility index (Phi) is 4.77. The van der Waals surface area contributed by atoms with Gasteiger partial charge in [-0.15, -0.1) is 13.2 Å². The summed E-state index contributed by atoms with van der Waals surface area (Å²) in [5.41, 5.74) is -0.627.